The Bertz CT molecular complexity index is 703. The highest BCUT2D eigenvalue weighted by molar-refractivity contribution is 5.73. The third kappa shape index (κ3) is 30.8. The number of rotatable bonds is 34. The van der Waals surface area contributed by atoms with Crippen molar-refractivity contribution in [3.05, 3.63) is 0 Å². The Morgan fingerprint density at radius 1 is 0.609 bits per heavy atom. The zero-order valence-corrected chi connectivity index (χ0v) is 30.9. The predicted molar refractivity (Wildman–Crippen MR) is 194 cm³/mol. The number of carbonyl (C=O) groups is 2. The van der Waals surface area contributed by atoms with E-state index in [1.807, 2.05) is 14.1 Å². The molecule has 0 bridgehead atoms. The minimum absolute atomic E-state index is 0.00561. The van der Waals surface area contributed by atoms with Gasteiger partial charge in [0.15, 0.2) is 0 Å². The number of esters is 1. The molecule has 8 nitrogen and oxygen atoms in total. The molecular formula is C38H76N4O4. The molecule has 0 heterocycles. The first kappa shape index (κ1) is 44.2. The predicted octanol–water partition coefficient (Wildman–Crippen LogP) is 9.38. The largest absolute Gasteiger partial charge is 0.464 e. The molecule has 0 aromatic heterocycles. The summed E-state index contributed by atoms with van der Waals surface area (Å²) in [5, 5.41) is 7.89. The molecule has 46 heavy (non-hydrogen) atoms. The highest BCUT2D eigenvalue weighted by Gasteiger charge is 2.14. The van der Waals surface area contributed by atoms with Gasteiger partial charge in [-0.2, -0.15) is 0 Å². The molecule has 8 heteroatoms. The van der Waals surface area contributed by atoms with Gasteiger partial charge in [-0.3, -0.25) is 19.9 Å². The molecule has 0 fully saturated rings. The molecule has 0 rings (SSSR count). The van der Waals surface area contributed by atoms with Gasteiger partial charge in [0, 0.05) is 33.5 Å². The number of unbranched alkanes of at least 4 members (excludes halogenated alkanes) is 18. The van der Waals surface area contributed by atoms with Crippen molar-refractivity contribution >= 4 is 17.9 Å². The average Bonchev–Trinajstić information content (AvgIpc) is 3.02. The maximum absolute atomic E-state index is 12.7. The molecule has 1 amide bonds. The van der Waals surface area contributed by atoms with Gasteiger partial charge < -0.3 is 20.1 Å². The molecule has 0 radical (unpaired) electrons. The summed E-state index contributed by atoms with van der Waals surface area (Å²) in [6.07, 6.45) is 29.3. The number of amides is 1. The van der Waals surface area contributed by atoms with E-state index in [2.05, 4.69) is 18.7 Å². The summed E-state index contributed by atoms with van der Waals surface area (Å²) in [6.45, 7) is 7.91. The van der Waals surface area contributed by atoms with Gasteiger partial charge in [-0.15, -0.1) is 0 Å². The number of nitrogens with one attached hydrogen (secondary N) is 1. The second-order valence-corrected chi connectivity index (χ2v) is 13.6. The lowest BCUT2D eigenvalue weighted by molar-refractivity contribution is -0.150. The Morgan fingerprint density at radius 3 is 1.52 bits per heavy atom. The quantitative estimate of drug-likeness (QED) is 0.0310. The fourth-order valence-corrected chi connectivity index (χ4v) is 5.85. The smallest absolute Gasteiger partial charge is 0.306 e. The number of amidine groups is 1. The van der Waals surface area contributed by atoms with Crippen LogP contribution in [-0.2, 0) is 19.1 Å². The molecule has 0 aliphatic heterocycles. The second-order valence-electron chi connectivity index (χ2n) is 13.6. The number of primary amides is 1. The molecule has 0 aliphatic carbocycles. The first-order valence-electron chi connectivity index (χ1n) is 19.4. The molecule has 0 atom stereocenters. The summed E-state index contributed by atoms with van der Waals surface area (Å²) >= 11 is 0. The highest BCUT2D eigenvalue weighted by atomic mass is 16.5. The summed E-state index contributed by atoms with van der Waals surface area (Å²) in [6, 6.07) is 0.198. The Hall–Kier alpha value is -1.83. The molecule has 0 saturated carbocycles. The van der Waals surface area contributed by atoms with Gasteiger partial charge in [-0.1, -0.05) is 117 Å². The lowest BCUT2D eigenvalue weighted by Crippen LogP contribution is -2.32. The molecule has 0 saturated heterocycles. The van der Waals surface area contributed by atoms with E-state index in [0.29, 0.717) is 19.4 Å². The van der Waals surface area contributed by atoms with Crippen LogP contribution in [-0.4, -0.2) is 74.1 Å². The monoisotopic (exact) mass is 653 g/mol. The van der Waals surface area contributed by atoms with Gasteiger partial charge >= 0.3 is 5.97 Å². The standard InChI is InChI=1S/C38H76N4O4/c1-5-7-9-11-15-21-27-35(28-22-16-12-10-8-6-2)46-37(44)30-24-18-14-20-26-32-42(33-34-45-38(40)41(3)4)31-25-19-13-17-23-29-36(39)43/h35,40H,5-34H2,1-4H3,(H2,39,43). The zero-order valence-electron chi connectivity index (χ0n) is 30.9. The minimum Gasteiger partial charge on any atom is -0.464 e. The molecule has 0 aromatic rings. The number of nitrogens with two attached hydrogens (primary N) is 1. The van der Waals surface area contributed by atoms with E-state index in [0.717, 1.165) is 96.7 Å². The van der Waals surface area contributed by atoms with E-state index in [9.17, 15) is 9.59 Å². The van der Waals surface area contributed by atoms with Gasteiger partial charge in [0.2, 0.25) is 5.91 Å². The zero-order chi connectivity index (χ0) is 34.1. The van der Waals surface area contributed by atoms with E-state index in [1.165, 1.54) is 77.0 Å². The minimum atomic E-state index is -0.208. The Kier molecular flexibility index (Phi) is 31.8. The van der Waals surface area contributed by atoms with Gasteiger partial charge in [-0.25, -0.2) is 0 Å². The summed E-state index contributed by atoms with van der Waals surface area (Å²) in [7, 11) is 3.65. The third-order valence-corrected chi connectivity index (χ3v) is 8.86. The molecule has 0 spiro atoms. The number of nitrogens with zero attached hydrogens (tertiary/aromatic N) is 2. The van der Waals surface area contributed by atoms with Gasteiger partial charge in [0.05, 0.1) is 0 Å². The summed E-state index contributed by atoms with van der Waals surface area (Å²) in [5.41, 5.74) is 5.24. The van der Waals surface area contributed by atoms with Crippen LogP contribution in [0.25, 0.3) is 0 Å². The average molecular weight is 653 g/mol. The lowest BCUT2D eigenvalue weighted by atomic mass is 10.0. The fraction of sp³-hybridized carbons (Fsp3) is 0.921. The molecule has 0 aliphatic rings. The Balaban J connectivity index is 4.33. The molecule has 3 N–H and O–H groups in total. The molecule has 272 valence electrons. The maximum atomic E-state index is 12.7. The normalized spacial score (nSPS) is 11.3. The summed E-state index contributed by atoms with van der Waals surface area (Å²) in [4.78, 5) is 27.7. The van der Waals surface area contributed by atoms with Crippen LogP contribution >= 0.6 is 0 Å². The van der Waals surface area contributed by atoms with Crippen LogP contribution in [0.1, 0.15) is 181 Å². The van der Waals surface area contributed by atoms with E-state index >= 15 is 0 Å². The Labute approximate surface area is 284 Å². The molecule has 0 aromatic carbocycles. The van der Waals surface area contributed by atoms with Crippen molar-refractivity contribution in [2.45, 2.75) is 187 Å². The van der Waals surface area contributed by atoms with Crippen LogP contribution in [0.5, 0.6) is 0 Å². The van der Waals surface area contributed by atoms with E-state index in [-0.39, 0.29) is 24.0 Å². The topological polar surface area (TPSA) is 109 Å². The maximum Gasteiger partial charge on any atom is 0.306 e. The van der Waals surface area contributed by atoms with Crippen LogP contribution in [0.4, 0.5) is 0 Å². The first-order chi connectivity index (χ1) is 22.3. The fourth-order valence-electron chi connectivity index (χ4n) is 5.85. The second kappa shape index (κ2) is 33.1. The van der Waals surface area contributed by atoms with Crippen molar-refractivity contribution in [2.75, 3.05) is 40.3 Å². The van der Waals surface area contributed by atoms with Crippen molar-refractivity contribution in [3.8, 4) is 0 Å². The molecule has 0 unspecified atom stereocenters. The van der Waals surface area contributed by atoms with Crippen molar-refractivity contribution in [3.63, 3.8) is 0 Å². The van der Waals surface area contributed by atoms with Crippen LogP contribution in [0, 0.1) is 5.41 Å². The van der Waals surface area contributed by atoms with E-state index in [4.69, 9.17) is 20.6 Å². The Morgan fingerprint density at radius 2 is 1.04 bits per heavy atom. The van der Waals surface area contributed by atoms with E-state index in [1.54, 1.807) is 4.90 Å². The van der Waals surface area contributed by atoms with Gasteiger partial charge in [0.1, 0.15) is 12.7 Å². The highest BCUT2D eigenvalue weighted by Crippen LogP contribution is 2.18. The van der Waals surface area contributed by atoms with Crippen LogP contribution in [0.3, 0.4) is 0 Å². The number of hydrogen-bond donors (Lipinski definition) is 2. The third-order valence-electron chi connectivity index (χ3n) is 8.86. The van der Waals surface area contributed by atoms with Crippen molar-refractivity contribution < 1.29 is 19.1 Å². The summed E-state index contributed by atoms with van der Waals surface area (Å²) in [5.74, 6) is -0.202. The number of hydrogen-bond acceptors (Lipinski definition) is 6. The lowest BCUT2D eigenvalue weighted by Gasteiger charge is -2.23. The van der Waals surface area contributed by atoms with Crippen LogP contribution in [0.2, 0.25) is 0 Å². The van der Waals surface area contributed by atoms with Crippen molar-refractivity contribution in [2.24, 2.45) is 5.73 Å². The molecular weight excluding hydrogens is 576 g/mol. The van der Waals surface area contributed by atoms with Gasteiger partial charge in [0.25, 0.3) is 6.02 Å². The van der Waals surface area contributed by atoms with Crippen molar-refractivity contribution in [1.82, 2.24) is 9.80 Å². The van der Waals surface area contributed by atoms with Crippen molar-refractivity contribution in [1.29, 1.82) is 5.41 Å². The van der Waals surface area contributed by atoms with Crippen LogP contribution in [0.15, 0.2) is 0 Å². The summed E-state index contributed by atoms with van der Waals surface area (Å²) < 4.78 is 11.6. The van der Waals surface area contributed by atoms with Crippen LogP contribution < -0.4 is 5.73 Å². The SMILES string of the molecule is CCCCCCCCC(CCCCCCCC)OC(=O)CCCCCCCN(CCCCCCCC(N)=O)CCOC(=N)N(C)C. The first-order valence-corrected chi connectivity index (χ1v) is 19.4. The number of carbonyl (C=O) groups excluding carboxylic acids is 2. The van der Waals surface area contributed by atoms with E-state index < -0.39 is 0 Å². The van der Waals surface area contributed by atoms with Gasteiger partial charge in [-0.05, 0) is 64.5 Å². The number of ether oxygens (including phenoxy) is 2.